The predicted octanol–water partition coefficient (Wildman–Crippen LogP) is 5.16. The first-order valence-electron chi connectivity index (χ1n) is 14.0. The number of carbonyl (C=O) groups is 1. The molecular formula is C34H34N6O3. The van der Waals surface area contributed by atoms with E-state index in [4.69, 9.17) is 4.74 Å². The molecule has 5 aromatic rings. The summed E-state index contributed by atoms with van der Waals surface area (Å²) in [5.41, 5.74) is 5.15. The molecule has 9 heteroatoms. The summed E-state index contributed by atoms with van der Waals surface area (Å²) < 4.78 is 5.09. The van der Waals surface area contributed by atoms with Gasteiger partial charge < -0.3 is 9.84 Å². The predicted molar refractivity (Wildman–Crippen MR) is 162 cm³/mol. The lowest BCUT2D eigenvalue weighted by molar-refractivity contribution is 0.0600. The molecular weight excluding hydrogens is 540 g/mol. The molecule has 1 N–H and O–H groups in total. The van der Waals surface area contributed by atoms with Crippen molar-refractivity contribution in [3.8, 4) is 5.75 Å². The first-order valence-corrected chi connectivity index (χ1v) is 14.0. The third kappa shape index (κ3) is 8.51. The number of phenols is 1. The van der Waals surface area contributed by atoms with Crippen LogP contribution in [-0.2, 0) is 44.0 Å². The molecule has 0 fully saturated rings. The fourth-order valence-electron chi connectivity index (χ4n) is 4.94. The van der Waals surface area contributed by atoms with E-state index in [-0.39, 0.29) is 5.75 Å². The van der Waals surface area contributed by atoms with Crippen LogP contribution in [0.15, 0.2) is 110 Å². The van der Waals surface area contributed by atoms with Crippen LogP contribution in [0, 0.1) is 0 Å². The topological polar surface area (TPSA) is 105 Å². The molecule has 0 aliphatic carbocycles. The van der Waals surface area contributed by atoms with Crippen molar-refractivity contribution < 1.29 is 14.6 Å². The zero-order valence-corrected chi connectivity index (χ0v) is 24.1. The number of hydrogen-bond donors (Lipinski definition) is 1. The van der Waals surface area contributed by atoms with Gasteiger partial charge in [-0.15, -0.1) is 0 Å². The third-order valence-electron chi connectivity index (χ3n) is 6.92. The molecule has 0 aliphatic rings. The number of esters is 1. The molecule has 4 aromatic heterocycles. The van der Waals surface area contributed by atoms with Crippen LogP contribution >= 0.6 is 0 Å². The normalized spacial score (nSPS) is 11.1. The van der Waals surface area contributed by atoms with Crippen molar-refractivity contribution in [2.24, 2.45) is 0 Å². The smallest absolute Gasteiger partial charge is 0.337 e. The number of aromatic nitrogens is 4. The van der Waals surface area contributed by atoms with Gasteiger partial charge in [0.2, 0.25) is 0 Å². The molecule has 0 saturated heterocycles. The Morgan fingerprint density at radius 3 is 1.23 bits per heavy atom. The molecule has 43 heavy (non-hydrogen) atoms. The summed E-state index contributed by atoms with van der Waals surface area (Å²) in [7, 11) is 1.36. The lowest BCUT2D eigenvalue weighted by Gasteiger charge is -2.25. The summed E-state index contributed by atoms with van der Waals surface area (Å²) in [5.74, 6) is -0.337. The maximum absolute atomic E-state index is 12.8. The number of ether oxygens (including phenoxy) is 1. The molecule has 0 atom stereocenters. The second-order valence-corrected chi connectivity index (χ2v) is 10.2. The fourth-order valence-corrected chi connectivity index (χ4v) is 4.94. The summed E-state index contributed by atoms with van der Waals surface area (Å²) in [4.78, 5) is 35.1. The molecule has 0 saturated carbocycles. The molecule has 0 radical (unpaired) electrons. The molecule has 0 unspecified atom stereocenters. The van der Waals surface area contributed by atoms with Gasteiger partial charge >= 0.3 is 5.97 Å². The van der Waals surface area contributed by atoms with Gasteiger partial charge in [0.1, 0.15) is 5.75 Å². The van der Waals surface area contributed by atoms with E-state index in [9.17, 15) is 9.90 Å². The Morgan fingerprint density at radius 2 is 0.953 bits per heavy atom. The third-order valence-corrected chi connectivity index (χ3v) is 6.92. The standard InChI is InChI=1S/C34H34N6O3/c1-43-34(42)26-18-27(20-39(22-29-10-2-6-14-35-29)23-30-11-3-7-15-36-30)33(41)28(19-26)21-40(24-31-12-4-8-16-37-31)25-32-13-5-9-17-38-32/h2-19,41H,20-25H2,1H3. The Hall–Kier alpha value is -4.99. The Balaban J connectivity index is 1.48. The number of benzene rings is 1. The lowest BCUT2D eigenvalue weighted by atomic mass is 10.0. The van der Waals surface area contributed by atoms with Gasteiger partial charge in [-0.2, -0.15) is 0 Å². The van der Waals surface area contributed by atoms with Gasteiger partial charge in [0.05, 0.1) is 35.4 Å². The Labute approximate surface area is 251 Å². The number of hydrogen-bond acceptors (Lipinski definition) is 9. The maximum atomic E-state index is 12.8. The van der Waals surface area contributed by atoms with E-state index in [0.717, 1.165) is 22.8 Å². The Morgan fingerprint density at radius 1 is 0.605 bits per heavy atom. The van der Waals surface area contributed by atoms with Gasteiger partial charge in [0.25, 0.3) is 0 Å². The van der Waals surface area contributed by atoms with Crippen LogP contribution in [0.5, 0.6) is 5.75 Å². The van der Waals surface area contributed by atoms with Crippen LogP contribution in [0.1, 0.15) is 44.3 Å². The van der Waals surface area contributed by atoms with E-state index >= 15 is 0 Å². The van der Waals surface area contributed by atoms with Gasteiger partial charge in [0, 0.05) is 75.2 Å². The molecule has 0 aliphatic heterocycles. The second kappa shape index (κ2) is 14.8. The lowest BCUT2D eigenvalue weighted by Crippen LogP contribution is -2.25. The van der Waals surface area contributed by atoms with Gasteiger partial charge in [-0.1, -0.05) is 24.3 Å². The molecule has 0 spiro atoms. The molecule has 0 amide bonds. The zero-order valence-electron chi connectivity index (χ0n) is 24.1. The number of carbonyl (C=O) groups excluding carboxylic acids is 1. The number of aromatic hydroxyl groups is 1. The highest BCUT2D eigenvalue weighted by Gasteiger charge is 2.20. The van der Waals surface area contributed by atoms with E-state index in [1.54, 1.807) is 36.9 Å². The molecule has 218 valence electrons. The minimum atomic E-state index is -0.468. The SMILES string of the molecule is COC(=O)c1cc(CN(Cc2ccccn2)Cc2ccccn2)c(O)c(CN(Cc2ccccn2)Cc2ccccn2)c1. The van der Waals surface area contributed by atoms with Crippen LogP contribution in [0.25, 0.3) is 0 Å². The molecule has 0 bridgehead atoms. The number of phenolic OH excluding ortho intramolecular Hbond substituents is 1. The van der Waals surface area contributed by atoms with Crippen LogP contribution in [-0.4, -0.2) is 47.9 Å². The quantitative estimate of drug-likeness (QED) is 0.191. The van der Waals surface area contributed by atoms with E-state index < -0.39 is 5.97 Å². The first-order chi connectivity index (χ1) is 21.1. The first kappa shape index (κ1) is 29.5. The number of pyridine rings is 4. The van der Waals surface area contributed by atoms with Crippen LogP contribution in [0.3, 0.4) is 0 Å². The van der Waals surface area contributed by atoms with Crippen molar-refractivity contribution in [3.05, 3.63) is 149 Å². The Kier molecular flexibility index (Phi) is 10.1. The van der Waals surface area contributed by atoms with E-state index in [2.05, 4.69) is 29.7 Å². The van der Waals surface area contributed by atoms with Crippen molar-refractivity contribution >= 4 is 5.97 Å². The monoisotopic (exact) mass is 574 g/mol. The summed E-state index contributed by atoms with van der Waals surface area (Å²) in [6.45, 7) is 2.83. The Bertz CT molecular complexity index is 1400. The number of rotatable bonds is 13. The van der Waals surface area contributed by atoms with Gasteiger partial charge in [-0.25, -0.2) is 4.79 Å². The van der Waals surface area contributed by atoms with Crippen LogP contribution in [0.2, 0.25) is 0 Å². The largest absolute Gasteiger partial charge is 0.507 e. The number of nitrogens with zero attached hydrogens (tertiary/aromatic N) is 6. The molecule has 1 aromatic carbocycles. The molecule has 4 heterocycles. The summed E-state index contributed by atoms with van der Waals surface area (Å²) >= 11 is 0. The van der Waals surface area contributed by atoms with E-state index in [1.165, 1.54) is 7.11 Å². The zero-order chi connectivity index (χ0) is 29.9. The summed E-state index contributed by atoms with van der Waals surface area (Å²) in [5, 5.41) is 11.7. The van der Waals surface area contributed by atoms with Crippen LogP contribution < -0.4 is 0 Å². The van der Waals surface area contributed by atoms with Crippen LogP contribution in [0.4, 0.5) is 0 Å². The van der Waals surface area contributed by atoms with Crippen molar-refractivity contribution in [3.63, 3.8) is 0 Å². The van der Waals surface area contributed by atoms with Crippen molar-refractivity contribution in [2.45, 2.75) is 39.3 Å². The maximum Gasteiger partial charge on any atom is 0.337 e. The van der Waals surface area contributed by atoms with Gasteiger partial charge in [-0.05, 0) is 60.7 Å². The fraction of sp³-hybridized carbons (Fsp3) is 0.206. The average Bonchev–Trinajstić information content (AvgIpc) is 3.04. The molecule has 5 rings (SSSR count). The second-order valence-electron chi connectivity index (χ2n) is 10.2. The number of methoxy groups -OCH3 is 1. The van der Waals surface area contributed by atoms with E-state index in [0.29, 0.717) is 56.0 Å². The minimum Gasteiger partial charge on any atom is -0.507 e. The minimum absolute atomic E-state index is 0.131. The van der Waals surface area contributed by atoms with Crippen molar-refractivity contribution in [1.82, 2.24) is 29.7 Å². The average molecular weight is 575 g/mol. The van der Waals surface area contributed by atoms with Crippen molar-refractivity contribution in [2.75, 3.05) is 7.11 Å². The molecule has 9 nitrogen and oxygen atoms in total. The summed E-state index contributed by atoms with van der Waals surface area (Å²) in [6.07, 6.45) is 7.05. The van der Waals surface area contributed by atoms with Crippen molar-refractivity contribution in [1.29, 1.82) is 0 Å². The van der Waals surface area contributed by atoms with Gasteiger partial charge in [-0.3, -0.25) is 29.7 Å². The highest BCUT2D eigenvalue weighted by Crippen LogP contribution is 2.29. The summed E-state index contributed by atoms with van der Waals surface area (Å²) in [6, 6.07) is 26.6. The highest BCUT2D eigenvalue weighted by molar-refractivity contribution is 5.90. The highest BCUT2D eigenvalue weighted by atomic mass is 16.5. The van der Waals surface area contributed by atoms with Gasteiger partial charge in [0.15, 0.2) is 0 Å². The van der Waals surface area contributed by atoms with E-state index in [1.807, 2.05) is 72.8 Å².